The van der Waals surface area contributed by atoms with Gasteiger partial charge in [0.25, 0.3) is 0 Å². The fraction of sp³-hybridized carbons (Fsp3) is 0.455. The van der Waals surface area contributed by atoms with Gasteiger partial charge in [-0.15, -0.1) is 0 Å². The molecule has 1 saturated heterocycles. The predicted octanol–water partition coefficient (Wildman–Crippen LogP) is 4.46. The van der Waals surface area contributed by atoms with E-state index in [4.69, 9.17) is 0 Å². The summed E-state index contributed by atoms with van der Waals surface area (Å²) in [5.74, 6) is 0. The molecule has 1 N–H and O–H groups in total. The van der Waals surface area contributed by atoms with Crippen molar-refractivity contribution >= 4 is 0 Å². The van der Waals surface area contributed by atoms with Crippen molar-refractivity contribution in [3.8, 4) is 0 Å². The minimum atomic E-state index is 0.660. The maximum atomic E-state index is 3.83. The molecule has 1 aliphatic heterocycles. The molecular weight excluding hydrogens is 292 g/mol. The Morgan fingerprint density at radius 3 is 2.88 bits per heavy atom. The zero-order valence-corrected chi connectivity index (χ0v) is 14.7. The molecule has 128 valence electrons. The van der Waals surface area contributed by atoms with E-state index in [-0.39, 0.29) is 0 Å². The molecule has 1 heterocycles. The minimum absolute atomic E-state index is 0.660. The molecule has 2 heteroatoms. The lowest BCUT2D eigenvalue weighted by Gasteiger charge is -2.26. The molecule has 1 aliphatic carbocycles. The minimum Gasteiger partial charge on any atom is -0.312 e. The highest BCUT2D eigenvalue weighted by Gasteiger charge is 2.26. The highest BCUT2D eigenvalue weighted by Crippen LogP contribution is 2.26. The molecule has 1 aromatic carbocycles. The molecule has 2 nitrogen and oxygen atoms in total. The van der Waals surface area contributed by atoms with Crippen molar-refractivity contribution in [3.05, 3.63) is 72.4 Å². The van der Waals surface area contributed by atoms with Gasteiger partial charge in [0.2, 0.25) is 0 Å². The highest BCUT2D eigenvalue weighted by molar-refractivity contribution is 5.19. The number of hydrogen-bond acceptors (Lipinski definition) is 2. The van der Waals surface area contributed by atoms with Gasteiger partial charge in [-0.25, -0.2) is 0 Å². The lowest BCUT2D eigenvalue weighted by Crippen LogP contribution is -2.40. The van der Waals surface area contributed by atoms with Crippen LogP contribution in [-0.4, -0.2) is 30.1 Å². The summed E-state index contributed by atoms with van der Waals surface area (Å²) >= 11 is 0. The quantitative estimate of drug-likeness (QED) is 0.746. The predicted molar refractivity (Wildman–Crippen MR) is 103 cm³/mol. The maximum absolute atomic E-state index is 3.83. The lowest BCUT2D eigenvalue weighted by atomic mass is 10.1. The van der Waals surface area contributed by atoms with Gasteiger partial charge in [-0.3, -0.25) is 4.90 Å². The first-order valence-corrected chi connectivity index (χ1v) is 9.33. The van der Waals surface area contributed by atoms with E-state index in [9.17, 15) is 0 Å². The van der Waals surface area contributed by atoms with Gasteiger partial charge in [-0.2, -0.15) is 0 Å². The third-order valence-electron chi connectivity index (χ3n) is 5.27. The first-order chi connectivity index (χ1) is 11.8. The number of allylic oxidation sites excluding steroid dienone is 4. The van der Waals surface area contributed by atoms with Crippen LogP contribution in [0.15, 0.2) is 66.8 Å². The number of nitrogens with zero attached hydrogens (tertiary/aromatic N) is 1. The topological polar surface area (TPSA) is 15.3 Å². The second kappa shape index (κ2) is 9.00. The molecule has 3 rings (SSSR count). The van der Waals surface area contributed by atoms with Crippen molar-refractivity contribution < 1.29 is 0 Å². The van der Waals surface area contributed by atoms with E-state index >= 15 is 0 Å². The molecule has 2 fully saturated rings. The van der Waals surface area contributed by atoms with Crippen LogP contribution in [0.25, 0.3) is 0 Å². The largest absolute Gasteiger partial charge is 0.312 e. The van der Waals surface area contributed by atoms with E-state index in [1.165, 1.54) is 44.2 Å². The van der Waals surface area contributed by atoms with Crippen molar-refractivity contribution in [2.75, 3.05) is 13.1 Å². The van der Waals surface area contributed by atoms with Crippen molar-refractivity contribution in [3.63, 3.8) is 0 Å². The summed E-state index contributed by atoms with van der Waals surface area (Å²) in [7, 11) is 0. The summed E-state index contributed by atoms with van der Waals surface area (Å²) in [6.07, 6.45) is 14.6. The second-order valence-corrected chi connectivity index (χ2v) is 7.05. The van der Waals surface area contributed by atoms with Crippen LogP contribution in [0.2, 0.25) is 0 Å². The van der Waals surface area contributed by atoms with E-state index in [2.05, 4.69) is 59.3 Å². The van der Waals surface area contributed by atoms with E-state index in [0.29, 0.717) is 12.1 Å². The average molecular weight is 322 g/mol. The third-order valence-corrected chi connectivity index (χ3v) is 5.27. The molecule has 1 aromatic rings. The van der Waals surface area contributed by atoms with Crippen molar-refractivity contribution in [1.29, 1.82) is 0 Å². The van der Waals surface area contributed by atoms with E-state index in [0.717, 1.165) is 13.1 Å². The van der Waals surface area contributed by atoms with Crippen LogP contribution in [0.4, 0.5) is 0 Å². The maximum Gasteiger partial charge on any atom is 0.0237 e. The number of hydrogen-bond donors (Lipinski definition) is 1. The van der Waals surface area contributed by atoms with Crippen LogP contribution in [0.5, 0.6) is 0 Å². The van der Waals surface area contributed by atoms with Gasteiger partial charge in [-0.1, -0.05) is 66.8 Å². The number of benzene rings is 1. The molecule has 2 unspecified atom stereocenters. The van der Waals surface area contributed by atoms with Gasteiger partial charge in [0, 0.05) is 25.2 Å². The highest BCUT2D eigenvalue weighted by atomic mass is 15.2. The Balaban J connectivity index is 1.45. The smallest absolute Gasteiger partial charge is 0.0237 e. The molecular formula is C22H30N2. The molecule has 0 amide bonds. The molecule has 0 aromatic heterocycles. The Morgan fingerprint density at radius 2 is 2.04 bits per heavy atom. The van der Waals surface area contributed by atoms with Crippen LogP contribution >= 0.6 is 0 Å². The number of likely N-dealkylation sites (tertiary alicyclic amines) is 1. The van der Waals surface area contributed by atoms with Gasteiger partial charge in [-0.05, 0) is 44.2 Å². The normalized spacial score (nSPS) is 26.6. The first kappa shape index (κ1) is 17.2. The van der Waals surface area contributed by atoms with Gasteiger partial charge in [0.1, 0.15) is 0 Å². The molecule has 2 atom stereocenters. The Bertz CT molecular complexity index is 573. The van der Waals surface area contributed by atoms with Crippen LogP contribution < -0.4 is 5.32 Å². The lowest BCUT2D eigenvalue weighted by molar-refractivity contribution is 0.234. The summed E-state index contributed by atoms with van der Waals surface area (Å²) < 4.78 is 0. The SMILES string of the molecule is C=C/C=C\C=C1/CCC(NCC2CCCN2Cc2ccccc2)C1. The second-order valence-electron chi connectivity index (χ2n) is 7.05. The van der Waals surface area contributed by atoms with Crippen LogP contribution in [0, 0.1) is 0 Å². The Morgan fingerprint density at radius 1 is 1.17 bits per heavy atom. The van der Waals surface area contributed by atoms with Gasteiger partial charge in [0.15, 0.2) is 0 Å². The van der Waals surface area contributed by atoms with Crippen molar-refractivity contribution in [2.24, 2.45) is 0 Å². The monoisotopic (exact) mass is 322 g/mol. The summed E-state index contributed by atoms with van der Waals surface area (Å²) in [5, 5.41) is 3.83. The fourth-order valence-electron chi connectivity index (χ4n) is 3.93. The van der Waals surface area contributed by atoms with E-state index < -0.39 is 0 Å². The Labute approximate surface area is 146 Å². The van der Waals surface area contributed by atoms with Gasteiger partial charge < -0.3 is 5.32 Å². The van der Waals surface area contributed by atoms with Crippen LogP contribution in [-0.2, 0) is 6.54 Å². The summed E-state index contributed by atoms with van der Waals surface area (Å²) in [5.41, 5.74) is 3.00. The molecule has 2 aliphatic rings. The Kier molecular flexibility index (Phi) is 6.45. The zero-order valence-electron chi connectivity index (χ0n) is 14.7. The summed E-state index contributed by atoms with van der Waals surface area (Å²) in [4.78, 5) is 2.65. The fourth-order valence-corrected chi connectivity index (χ4v) is 3.93. The standard InChI is InChI=1S/C22H30N2/c1-2-3-5-9-19-13-14-21(16-19)23-17-22-12-8-15-24(22)18-20-10-6-4-7-11-20/h2-7,9-11,21-23H,1,8,12-18H2/b5-3-,19-9+. The number of rotatable bonds is 7. The molecule has 1 saturated carbocycles. The third kappa shape index (κ3) is 4.93. The molecule has 0 radical (unpaired) electrons. The summed E-state index contributed by atoms with van der Waals surface area (Å²) in [6, 6.07) is 12.2. The average Bonchev–Trinajstić information content (AvgIpc) is 3.24. The molecule has 0 spiro atoms. The molecule has 0 bridgehead atoms. The van der Waals surface area contributed by atoms with Crippen molar-refractivity contribution in [2.45, 2.75) is 50.7 Å². The van der Waals surface area contributed by atoms with Crippen molar-refractivity contribution in [1.82, 2.24) is 10.2 Å². The number of nitrogens with one attached hydrogen (secondary N) is 1. The first-order valence-electron chi connectivity index (χ1n) is 9.33. The van der Waals surface area contributed by atoms with E-state index in [1.807, 2.05) is 12.2 Å². The van der Waals surface area contributed by atoms with Gasteiger partial charge >= 0.3 is 0 Å². The van der Waals surface area contributed by atoms with E-state index in [1.54, 1.807) is 5.57 Å². The Hall–Kier alpha value is -1.64. The van der Waals surface area contributed by atoms with Crippen LogP contribution in [0.1, 0.15) is 37.7 Å². The van der Waals surface area contributed by atoms with Gasteiger partial charge in [0.05, 0.1) is 0 Å². The summed E-state index contributed by atoms with van der Waals surface area (Å²) in [6.45, 7) is 7.18. The van der Waals surface area contributed by atoms with Crippen LogP contribution in [0.3, 0.4) is 0 Å². The zero-order chi connectivity index (χ0) is 16.6. The molecule has 24 heavy (non-hydrogen) atoms.